The molecule has 0 aliphatic heterocycles. The van der Waals surface area contributed by atoms with E-state index in [1.807, 2.05) is 61.5 Å². The number of carbonyl (C=O) groups is 2. The van der Waals surface area contributed by atoms with Crippen molar-refractivity contribution in [3.05, 3.63) is 65.7 Å². The Labute approximate surface area is 149 Å². The van der Waals surface area contributed by atoms with Gasteiger partial charge in [-0.15, -0.1) is 0 Å². The Kier molecular flexibility index (Phi) is 6.57. The first-order valence-electron chi connectivity index (χ1n) is 8.41. The molecule has 2 aromatic rings. The molecule has 2 N–H and O–H groups in total. The number of rotatable bonds is 6. The third-order valence-electron chi connectivity index (χ3n) is 3.97. The minimum absolute atomic E-state index is 0.136. The van der Waals surface area contributed by atoms with Crippen LogP contribution in [-0.4, -0.2) is 37.0 Å². The summed E-state index contributed by atoms with van der Waals surface area (Å²) in [4.78, 5) is 26.4. The molecule has 5 nitrogen and oxygen atoms in total. The Morgan fingerprint density at radius 3 is 2.28 bits per heavy atom. The van der Waals surface area contributed by atoms with Gasteiger partial charge in [-0.3, -0.25) is 4.79 Å². The van der Waals surface area contributed by atoms with E-state index in [-0.39, 0.29) is 11.9 Å². The second kappa shape index (κ2) is 8.87. The van der Waals surface area contributed by atoms with Gasteiger partial charge in [-0.2, -0.15) is 0 Å². The average molecular weight is 339 g/mol. The molecule has 0 saturated carbocycles. The third kappa shape index (κ3) is 5.35. The molecule has 0 heterocycles. The van der Waals surface area contributed by atoms with Crippen molar-refractivity contribution in [1.29, 1.82) is 0 Å². The van der Waals surface area contributed by atoms with Crippen LogP contribution in [0.3, 0.4) is 0 Å². The van der Waals surface area contributed by atoms with Crippen molar-refractivity contribution in [2.45, 2.75) is 25.8 Å². The molecule has 0 spiro atoms. The van der Waals surface area contributed by atoms with Crippen LogP contribution in [0.1, 0.15) is 18.1 Å². The van der Waals surface area contributed by atoms with E-state index in [0.29, 0.717) is 6.42 Å². The third-order valence-corrected chi connectivity index (χ3v) is 3.97. The fourth-order valence-corrected chi connectivity index (χ4v) is 2.63. The first kappa shape index (κ1) is 18.5. The van der Waals surface area contributed by atoms with Crippen LogP contribution in [0.4, 0.5) is 10.5 Å². The summed E-state index contributed by atoms with van der Waals surface area (Å²) in [6, 6.07) is 16.3. The van der Waals surface area contributed by atoms with Crippen LogP contribution in [0.25, 0.3) is 0 Å². The van der Waals surface area contributed by atoms with Crippen LogP contribution in [0.2, 0.25) is 0 Å². The SMILES string of the molecule is CCc1ccccc1NC(=O)NC(Cc1ccccc1)C(=O)N(C)C. The van der Waals surface area contributed by atoms with Gasteiger partial charge in [-0.1, -0.05) is 55.5 Å². The van der Waals surface area contributed by atoms with Gasteiger partial charge in [0.2, 0.25) is 5.91 Å². The Morgan fingerprint density at radius 2 is 1.64 bits per heavy atom. The summed E-state index contributed by atoms with van der Waals surface area (Å²) in [7, 11) is 3.37. The molecular weight excluding hydrogens is 314 g/mol. The van der Waals surface area contributed by atoms with Crippen molar-refractivity contribution in [1.82, 2.24) is 10.2 Å². The second-order valence-corrected chi connectivity index (χ2v) is 6.08. The molecule has 5 heteroatoms. The molecule has 132 valence electrons. The molecule has 0 bridgehead atoms. The van der Waals surface area contributed by atoms with E-state index in [1.165, 1.54) is 4.90 Å². The number of para-hydroxylation sites is 1. The molecule has 0 fully saturated rings. The van der Waals surface area contributed by atoms with E-state index < -0.39 is 6.04 Å². The molecule has 0 radical (unpaired) electrons. The minimum Gasteiger partial charge on any atom is -0.347 e. The molecule has 1 atom stereocenters. The number of aryl methyl sites for hydroxylation is 1. The molecule has 2 aromatic carbocycles. The van der Waals surface area contributed by atoms with Gasteiger partial charge in [0.15, 0.2) is 0 Å². The largest absolute Gasteiger partial charge is 0.347 e. The van der Waals surface area contributed by atoms with Crippen molar-refractivity contribution >= 4 is 17.6 Å². The van der Waals surface area contributed by atoms with Crippen LogP contribution in [-0.2, 0) is 17.6 Å². The summed E-state index contributed by atoms with van der Waals surface area (Å²) >= 11 is 0. The lowest BCUT2D eigenvalue weighted by Crippen LogP contribution is -2.48. The maximum Gasteiger partial charge on any atom is 0.319 e. The van der Waals surface area contributed by atoms with Crippen LogP contribution in [0.5, 0.6) is 0 Å². The van der Waals surface area contributed by atoms with E-state index >= 15 is 0 Å². The highest BCUT2D eigenvalue weighted by Crippen LogP contribution is 2.15. The number of benzene rings is 2. The number of urea groups is 1. The van der Waals surface area contributed by atoms with Crippen LogP contribution >= 0.6 is 0 Å². The Morgan fingerprint density at radius 1 is 1.00 bits per heavy atom. The Balaban J connectivity index is 2.10. The van der Waals surface area contributed by atoms with Crippen molar-refractivity contribution in [2.24, 2.45) is 0 Å². The summed E-state index contributed by atoms with van der Waals surface area (Å²) in [5, 5.41) is 5.66. The molecule has 0 aliphatic rings. The fraction of sp³-hybridized carbons (Fsp3) is 0.300. The van der Waals surface area contributed by atoms with Gasteiger partial charge in [0.25, 0.3) is 0 Å². The van der Waals surface area contributed by atoms with Crippen molar-refractivity contribution < 1.29 is 9.59 Å². The standard InChI is InChI=1S/C20H25N3O2/c1-4-16-12-8-9-13-17(16)21-20(25)22-18(19(24)23(2)3)14-15-10-6-5-7-11-15/h5-13,18H,4,14H2,1-3H3,(H2,21,22,25). The van der Waals surface area contributed by atoms with E-state index in [9.17, 15) is 9.59 Å². The molecule has 0 aromatic heterocycles. The topological polar surface area (TPSA) is 61.4 Å². The summed E-state index contributed by atoms with van der Waals surface area (Å²) in [5.74, 6) is -0.136. The highest BCUT2D eigenvalue weighted by molar-refractivity contribution is 5.94. The maximum absolute atomic E-state index is 12.4. The first-order chi connectivity index (χ1) is 12.0. The van der Waals surface area contributed by atoms with Gasteiger partial charge < -0.3 is 15.5 Å². The quantitative estimate of drug-likeness (QED) is 0.850. The van der Waals surface area contributed by atoms with Crippen LogP contribution in [0.15, 0.2) is 54.6 Å². The van der Waals surface area contributed by atoms with Crippen LogP contribution < -0.4 is 10.6 Å². The molecular formula is C20H25N3O2. The first-order valence-corrected chi connectivity index (χ1v) is 8.41. The lowest BCUT2D eigenvalue weighted by molar-refractivity contribution is -0.130. The zero-order valence-electron chi connectivity index (χ0n) is 15.0. The van der Waals surface area contributed by atoms with Crippen molar-refractivity contribution in [2.75, 3.05) is 19.4 Å². The maximum atomic E-state index is 12.4. The Hall–Kier alpha value is -2.82. The number of anilines is 1. The average Bonchev–Trinajstić information content (AvgIpc) is 2.61. The normalized spacial score (nSPS) is 11.5. The highest BCUT2D eigenvalue weighted by atomic mass is 16.2. The molecule has 2 rings (SSSR count). The number of likely N-dealkylation sites (N-methyl/N-ethyl adjacent to an activating group) is 1. The number of hydrogen-bond donors (Lipinski definition) is 2. The predicted octanol–water partition coefficient (Wildman–Crippen LogP) is 3.07. The van der Waals surface area contributed by atoms with E-state index in [4.69, 9.17) is 0 Å². The van der Waals surface area contributed by atoms with E-state index in [2.05, 4.69) is 10.6 Å². The lowest BCUT2D eigenvalue weighted by Gasteiger charge is -2.22. The number of amides is 3. The zero-order chi connectivity index (χ0) is 18.2. The van der Waals surface area contributed by atoms with E-state index in [0.717, 1.165) is 23.2 Å². The monoisotopic (exact) mass is 339 g/mol. The summed E-state index contributed by atoms with van der Waals surface area (Å²) < 4.78 is 0. The van der Waals surface area contributed by atoms with Gasteiger partial charge in [0.1, 0.15) is 6.04 Å². The minimum atomic E-state index is -0.619. The highest BCUT2D eigenvalue weighted by Gasteiger charge is 2.23. The van der Waals surface area contributed by atoms with Crippen molar-refractivity contribution in [3.8, 4) is 0 Å². The number of hydrogen-bond acceptors (Lipinski definition) is 2. The summed E-state index contributed by atoms with van der Waals surface area (Å²) in [6.45, 7) is 2.03. The van der Waals surface area contributed by atoms with Crippen LogP contribution in [0, 0.1) is 0 Å². The predicted molar refractivity (Wildman–Crippen MR) is 101 cm³/mol. The molecule has 0 saturated heterocycles. The summed E-state index contributed by atoms with van der Waals surface area (Å²) in [5.41, 5.74) is 2.81. The molecule has 0 aliphatic carbocycles. The van der Waals surface area contributed by atoms with Gasteiger partial charge in [-0.05, 0) is 23.6 Å². The van der Waals surface area contributed by atoms with Gasteiger partial charge in [-0.25, -0.2) is 4.79 Å². The Bertz CT molecular complexity index is 714. The number of nitrogens with zero attached hydrogens (tertiary/aromatic N) is 1. The number of nitrogens with one attached hydrogen (secondary N) is 2. The number of carbonyl (C=O) groups excluding carboxylic acids is 2. The lowest BCUT2D eigenvalue weighted by atomic mass is 10.1. The fourth-order valence-electron chi connectivity index (χ4n) is 2.63. The smallest absolute Gasteiger partial charge is 0.319 e. The van der Waals surface area contributed by atoms with Gasteiger partial charge >= 0.3 is 6.03 Å². The second-order valence-electron chi connectivity index (χ2n) is 6.08. The zero-order valence-corrected chi connectivity index (χ0v) is 15.0. The van der Waals surface area contributed by atoms with Gasteiger partial charge in [0.05, 0.1) is 0 Å². The van der Waals surface area contributed by atoms with E-state index in [1.54, 1.807) is 14.1 Å². The molecule has 1 unspecified atom stereocenters. The molecule has 25 heavy (non-hydrogen) atoms. The van der Waals surface area contributed by atoms with Gasteiger partial charge in [0, 0.05) is 26.2 Å². The molecule has 3 amide bonds. The summed E-state index contributed by atoms with van der Waals surface area (Å²) in [6.07, 6.45) is 1.27. The van der Waals surface area contributed by atoms with Crippen molar-refractivity contribution in [3.63, 3.8) is 0 Å².